The van der Waals surface area contributed by atoms with E-state index in [1.54, 1.807) is 6.20 Å². The van der Waals surface area contributed by atoms with Crippen LogP contribution in [0.4, 0.5) is 0 Å². The number of amides is 1. The fourth-order valence-electron chi connectivity index (χ4n) is 1.95. The molecule has 23 heavy (non-hydrogen) atoms. The van der Waals surface area contributed by atoms with E-state index in [9.17, 15) is 9.59 Å². The molecule has 0 spiro atoms. The summed E-state index contributed by atoms with van der Waals surface area (Å²) < 4.78 is 1.52. The number of carbonyl (C=O) groups is 1. The van der Waals surface area contributed by atoms with Crippen LogP contribution in [0.5, 0.6) is 0 Å². The summed E-state index contributed by atoms with van der Waals surface area (Å²) in [4.78, 5) is 28.7. The summed E-state index contributed by atoms with van der Waals surface area (Å²) in [6.45, 7) is 5.57. The zero-order valence-corrected chi connectivity index (χ0v) is 15.5. The minimum atomic E-state index is -0.0780. The van der Waals surface area contributed by atoms with Gasteiger partial charge >= 0.3 is 0 Å². The number of aromatic nitrogens is 2. The predicted octanol–water partition coefficient (Wildman–Crippen LogP) is 1.53. The minimum Gasteiger partial charge on any atom is -0.354 e. The van der Waals surface area contributed by atoms with Gasteiger partial charge in [0, 0.05) is 36.0 Å². The van der Waals surface area contributed by atoms with Crippen molar-refractivity contribution in [3.05, 3.63) is 33.7 Å². The summed E-state index contributed by atoms with van der Waals surface area (Å²) in [5.74, 6) is 0.924. The molecular formula is C14H21ClN4O2S2. The molecule has 0 aliphatic rings. The fourth-order valence-corrected chi connectivity index (χ4v) is 3.43. The van der Waals surface area contributed by atoms with E-state index in [0.717, 1.165) is 6.54 Å². The lowest BCUT2D eigenvalue weighted by Gasteiger charge is -2.12. The van der Waals surface area contributed by atoms with Crippen molar-refractivity contribution >= 4 is 46.4 Å². The number of fused-ring (bicyclic) bond motifs is 1. The molecule has 1 atom stereocenters. The van der Waals surface area contributed by atoms with Crippen molar-refractivity contribution < 1.29 is 4.79 Å². The third-order valence-electron chi connectivity index (χ3n) is 3.00. The number of rotatable bonds is 8. The normalized spacial score (nSPS) is 11.9. The highest BCUT2D eigenvalue weighted by Gasteiger charge is 2.07. The van der Waals surface area contributed by atoms with E-state index in [0.29, 0.717) is 28.7 Å². The Bertz CT molecular complexity index is 689. The first-order valence-corrected chi connectivity index (χ1v) is 9.17. The average Bonchev–Trinajstić information content (AvgIpc) is 2.94. The average molecular weight is 377 g/mol. The Labute approximate surface area is 149 Å². The maximum atomic E-state index is 11.8. The van der Waals surface area contributed by atoms with Crippen molar-refractivity contribution in [2.45, 2.75) is 25.6 Å². The number of thiazole rings is 1. The second kappa shape index (κ2) is 9.92. The Kier molecular flexibility index (Phi) is 8.60. The lowest BCUT2D eigenvalue weighted by molar-refractivity contribution is -0.118. The van der Waals surface area contributed by atoms with Gasteiger partial charge in [0.25, 0.3) is 5.56 Å². The molecule has 0 saturated heterocycles. The van der Waals surface area contributed by atoms with Crippen molar-refractivity contribution in [3.8, 4) is 0 Å². The van der Waals surface area contributed by atoms with Gasteiger partial charge in [0.05, 0.1) is 11.4 Å². The van der Waals surface area contributed by atoms with Gasteiger partial charge in [-0.1, -0.05) is 6.92 Å². The number of likely N-dealkylation sites (N-methyl/N-ethyl adjacent to an activating group) is 1. The molecule has 1 amide bonds. The predicted molar refractivity (Wildman–Crippen MR) is 98.9 cm³/mol. The van der Waals surface area contributed by atoms with E-state index in [1.165, 1.54) is 33.6 Å². The molecule has 2 rings (SSSR count). The van der Waals surface area contributed by atoms with Crippen LogP contribution >= 0.6 is 35.5 Å². The summed E-state index contributed by atoms with van der Waals surface area (Å²) in [6, 6.07) is 1.79. The molecule has 0 aromatic carbocycles. The second-order valence-electron chi connectivity index (χ2n) is 4.90. The van der Waals surface area contributed by atoms with Gasteiger partial charge in [0.2, 0.25) is 5.91 Å². The molecule has 0 bridgehead atoms. The molecule has 2 aromatic rings. The summed E-state index contributed by atoms with van der Waals surface area (Å²) in [5, 5.41) is 7.95. The van der Waals surface area contributed by atoms with E-state index in [1.807, 2.05) is 19.2 Å². The lowest BCUT2D eigenvalue weighted by atomic mass is 10.3. The van der Waals surface area contributed by atoms with Crippen LogP contribution in [0.3, 0.4) is 0 Å². The van der Waals surface area contributed by atoms with Crippen LogP contribution in [-0.2, 0) is 10.5 Å². The second-order valence-corrected chi connectivity index (χ2v) is 6.76. The molecule has 0 aliphatic heterocycles. The van der Waals surface area contributed by atoms with Gasteiger partial charge in [0.15, 0.2) is 4.96 Å². The lowest BCUT2D eigenvalue weighted by Crippen LogP contribution is -2.39. The molecule has 0 unspecified atom stereocenters. The Morgan fingerprint density at radius 1 is 1.52 bits per heavy atom. The molecule has 0 aliphatic carbocycles. The van der Waals surface area contributed by atoms with Gasteiger partial charge in [0.1, 0.15) is 0 Å². The number of nitrogens with one attached hydrogen (secondary N) is 2. The quantitative estimate of drug-likeness (QED) is 0.730. The first-order chi connectivity index (χ1) is 10.6. The molecule has 0 saturated carbocycles. The molecule has 0 radical (unpaired) electrons. The molecule has 2 aromatic heterocycles. The standard InChI is InChI=1S/C14H20N4O2S2.ClH/c1-3-15-10(2)7-16-12(19)9-21-8-11-6-13(20)18-4-5-22-14(18)17-11;/h4-6,10,15H,3,7-9H2,1-2H3,(H,16,19);1H/t10-;/m1./s1. The largest absolute Gasteiger partial charge is 0.354 e. The number of hydrogen-bond donors (Lipinski definition) is 2. The zero-order chi connectivity index (χ0) is 15.9. The smallest absolute Gasteiger partial charge is 0.258 e. The van der Waals surface area contributed by atoms with Gasteiger partial charge in [-0.3, -0.25) is 14.0 Å². The van der Waals surface area contributed by atoms with Crippen molar-refractivity contribution in [1.29, 1.82) is 0 Å². The molecule has 2 N–H and O–H groups in total. The number of hydrogen-bond acceptors (Lipinski definition) is 6. The van der Waals surface area contributed by atoms with Crippen LogP contribution in [0.2, 0.25) is 0 Å². The molecule has 128 valence electrons. The third-order valence-corrected chi connectivity index (χ3v) is 4.72. The number of nitrogens with zero attached hydrogens (tertiary/aromatic N) is 2. The zero-order valence-electron chi connectivity index (χ0n) is 13.1. The van der Waals surface area contributed by atoms with Crippen molar-refractivity contribution in [1.82, 2.24) is 20.0 Å². The van der Waals surface area contributed by atoms with Gasteiger partial charge in [-0.05, 0) is 13.5 Å². The molecule has 2 heterocycles. The van der Waals surface area contributed by atoms with Gasteiger partial charge < -0.3 is 10.6 Å². The Morgan fingerprint density at radius 3 is 3.04 bits per heavy atom. The molecule has 0 fully saturated rings. The summed E-state index contributed by atoms with van der Waals surface area (Å²) in [5.41, 5.74) is 0.636. The van der Waals surface area contributed by atoms with Crippen molar-refractivity contribution in [3.63, 3.8) is 0 Å². The Morgan fingerprint density at radius 2 is 2.30 bits per heavy atom. The Hall–Kier alpha value is -1.09. The highest BCUT2D eigenvalue weighted by atomic mass is 35.5. The summed E-state index contributed by atoms with van der Waals surface area (Å²) in [6.07, 6.45) is 1.71. The maximum absolute atomic E-state index is 11.8. The van der Waals surface area contributed by atoms with Gasteiger partial charge in [-0.2, -0.15) is 0 Å². The minimum absolute atomic E-state index is 0. The summed E-state index contributed by atoms with van der Waals surface area (Å²) in [7, 11) is 0. The van der Waals surface area contributed by atoms with Crippen LogP contribution in [0.25, 0.3) is 4.96 Å². The van der Waals surface area contributed by atoms with Crippen molar-refractivity contribution in [2.24, 2.45) is 0 Å². The highest BCUT2D eigenvalue weighted by molar-refractivity contribution is 7.99. The molecule has 9 heteroatoms. The Balaban J connectivity index is 0.00000264. The van der Waals surface area contributed by atoms with Crippen LogP contribution in [0.1, 0.15) is 19.5 Å². The first-order valence-electron chi connectivity index (χ1n) is 7.13. The third kappa shape index (κ3) is 6.14. The fraction of sp³-hybridized carbons (Fsp3) is 0.500. The van der Waals surface area contributed by atoms with E-state index >= 15 is 0 Å². The van der Waals surface area contributed by atoms with Crippen LogP contribution in [-0.4, -0.2) is 40.2 Å². The highest BCUT2D eigenvalue weighted by Crippen LogP contribution is 2.12. The summed E-state index contributed by atoms with van der Waals surface area (Å²) >= 11 is 2.89. The molecular weight excluding hydrogens is 356 g/mol. The van der Waals surface area contributed by atoms with Gasteiger partial charge in [-0.15, -0.1) is 35.5 Å². The van der Waals surface area contributed by atoms with Crippen molar-refractivity contribution in [2.75, 3.05) is 18.8 Å². The van der Waals surface area contributed by atoms with Crippen LogP contribution < -0.4 is 16.2 Å². The number of halogens is 1. The maximum Gasteiger partial charge on any atom is 0.258 e. The number of carbonyl (C=O) groups excluding carboxylic acids is 1. The van der Waals surface area contributed by atoms with Gasteiger partial charge in [-0.25, -0.2) is 4.98 Å². The van der Waals surface area contributed by atoms with Crippen LogP contribution in [0.15, 0.2) is 22.4 Å². The SMILES string of the molecule is CCN[C@H](C)CNC(=O)CSCc1cc(=O)n2ccsc2n1.Cl. The number of thioether (sulfide) groups is 1. The topological polar surface area (TPSA) is 75.5 Å². The van der Waals surface area contributed by atoms with Crippen LogP contribution in [0, 0.1) is 0 Å². The van der Waals surface area contributed by atoms with E-state index < -0.39 is 0 Å². The molecule has 6 nitrogen and oxygen atoms in total. The van der Waals surface area contributed by atoms with E-state index in [4.69, 9.17) is 0 Å². The monoisotopic (exact) mass is 376 g/mol. The van der Waals surface area contributed by atoms with E-state index in [-0.39, 0.29) is 29.9 Å². The van der Waals surface area contributed by atoms with E-state index in [2.05, 4.69) is 15.6 Å². The first kappa shape index (κ1) is 20.0.